The predicted molar refractivity (Wildman–Crippen MR) is 120 cm³/mol. The van der Waals surface area contributed by atoms with Crippen LogP contribution in [-0.2, 0) is 11.3 Å². The minimum Gasteiger partial charge on any atom is -0.475 e. The summed E-state index contributed by atoms with van der Waals surface area (Å²) in [5.41, 5.74) is 3.90. The first-order valence-corrected chi connectivity index (χ1v) is 10.6. The number of unbranched alkanes of at least 4 members (excludes halogenated alkanes) is 1. The van der Waals surface area contributed by atoms with Gasteiger partial charge in [0.05, 0.1) is 6.20 Å². The number of benzene rings is 2. The van der Waals surface area contributed by atoms with Gasteiger partial charge in [-0.1, -0.05) is 49.7 Å². The maximum Gasteiger partial charge on any atom is 0.490 e. The van der Waals surface area contributed by atoms with E-state index in [1.807, 2.05) is 65.7 Å². The second-order valence-corrected chi connectivity index (χ2v) is 7.58. The van der Waals surface area contributed by atoms with Crippen molar-refractivity contribution in [2.45, 2.75) is 32.5 Å². The standard InChI is InChI=1S/C23H22N2O2.C2HF3O2/c1-2-3-11-25-16-18-9-10-20(13-22(18)23(25)26)27-21-12-19(14-24-15-21)17-7-5-4-6-8-17;3-2(4,5)1(6)7/h4-10,12-15H,2-3,11,16H2,1H3;(H,6,7). The number of pyridine rings is 1. The molecule has 0 saturated heterocycles. The Bertz CT molecular complexity index is 1150. The van der Waals surface area contributed by atoms with Gasteiger partial charge in [-0.2, -0.15) is 13.2 Å². The van der Waals surface area contributed by atoms with Gasteiger partial charge in [0, 0.05) is 30.4 Å². The molecule has 0 atom stereocenters. The zero-order valence-electron chi connectivity index (χ0n) is 18.4. The van der Waals surface area contributed by atoms with Gasteiger partial charge >= 0.3 is 12.1 Å². The van der Waals surface area contributed by atoms with Crippen molar-refractivity contribution in [3.05, 3.63) is 78.1 Å². The molecule has 178 valence electrons. The fourth-order valence-electron chi connectivity index (χ4n) is 3.33. The Balaban J connectivity index is 0.000000406. The Labute approximate surface area is 194 Å². The molecule has 0 bridgehead atoms. The van der Waals surface area contributed by atoms with E-state index in [1.165, 1.54) is 0 Å². The number of halogens is 3. The van der Waals surface area contributed by atoms with Gasteiger partial charge in [-0.25, -0.2) is 4.79 Å². The number of aliphatic carboxylic acids is 1. The number of carboxylic acid groups (broad SMARTS) is 1. The Kier molecular flexibility index (Phi) is 7.88. The number of carboxylic acids is 1. The first-order chi connectivity index (χ1) is 16.2. The lowest BCUT2D eigenvalue weighted by molar-refractivity contribution is -0.192. The molecule has 4 rings (SSSR count). The number of aromatic nitrogens is 1. The second-order valence-electron chi connectivity index (χ2n) is 7.58. The van der Waals surface area contributed by atoms with E-state index in [1.54, 1.807) is 6.20 Å². The summed E-state index contributed by atoms with van der Waals surface area (Å²) < 4.78 is 37.7. The van der Waals surface area contributed by atoms with E-state index in [9.17, 15) is 18.0 Å². The minimum atomic E-state index is -5.08. The molecule has 0 aliphatic carbocycles. The molecule has 2 aromatic carbocycles. The van der Waals surface area contributed by atoms with Crippen molar-refractivity contribution in [2.24, 2.45) is 0 Å². The number of ether oxygens (including phenoxy) is 1. The summed E-state index contributed by atoms with van der Waals surface area (Å²) in [7, 11) is 0. The highest BCUT2D eigenvalue weighted by molar-refractivity contribution is 5.98. The van der Waals surface area contributed by atoms with E-state index in [-0.39, 0.29) is 5.91 Å². The molecule has 1 aliphatic heterocycles. The molecule has 1 aromatic heterocycles. The third kappa shape index (κ3) is 6.34. The van der Waals surface area contributed by atoms with Gasteiger partial charge < -0.3 is 14.7 Å². The van der Waals surface area contributed by atoms with Gasteiger partial charge in [0.15, 0.2) is 0 Å². The zero-order chi connectivity index (χ0) is 24.7. The molecule has 3 aromatic rings. The summed E-state index contributed by atoms with van der Waals surface area (Å²) in [5, 5.41) is 7.12. The number of hydrogen-bond acceptors (Lipinski definition) is 4. The van der Waals surface area contributed by atoms with Crippen LogP contribution in [0.5, 0.6) is 11.5 Å². The zero-order valence-corrected chi connectivity index (χ0v) is 18.4. The highest BCUT2D eigenvalue weighted by atomic mass is 19.4. The fourth-order valence-corrected chi connectivity index (χ4v) is 3.33. The lowest BCUT2D eigenvalue weighted by Crippen LogP contribution is -2.24. The summed E-state index contributed by atoms with van der Waals surface area (Å²) in [5.74, 6) is -1.34. The maximum absolute atomic E-state index is 12.6. The van der Waals surface area contributed by atoms with Gasteiger partial charge in [-0.15, -0.1) is 0 Å². The monoisotopic (exact) mass is 472 g/mol. The first-order valence-electron chi connectivity index (χ1n) is 10.6. The average molecular weight is 472 g/mol. The number of hydrogen-bond donors (Lipinski definition) is 1. The summed E-state index contributed by atoms with van der Waals surface area (Å²) in [4.78, 5) is 27.7. The van der Waals surface area contributed by atoms with E-state index < -0.39 is 12.1 Å². The Morgan fingerprint density at radius 1 is 1.06 bits per heavy atom. The minimum absolute atomic E-state index is 0.0973. The predicted octanol–water partition coefficient (Wildman–Crippen LogP) is 5.93. The van der Waals surface area contributed by atoms with Crippen molar-refractivity contribution >= 4 is 11.9 Å². The van der Waals surface area contributed by atoms with Crippen molar-refractivity contribution in [3.63, 3.8) is 0 Å². The molecular formula is C25H23F3N2O4. The quantitative estimate of drug-likeness (QED) is 0.481. The summed E-state index contributed by atoms with van der Waals surface area (Å²) in [6.45, 7) is 3.64. The van der Waals surface area contributed by atoms with Crippen LogP contribution in [0.2, 0.25) is 0 Å². The van der Waals surface area contributed by atoms with Crippen LogP contribution in [0.4, 0.5) is 13.2 Å². The van der Waals surface area contributed by atoms with Crippen LogP contribution in [0.15, 0.2) is 67.0 Å². The van der Waals surface area contributed by atoms with Crippen molar-refractivity contribution < 1.29 is 32.6 Å². The molecule has 6 nitrogen and oxygen atoms in total. The molecule has 1 N–H and O–H groups in total. The van der Waals surface area contributed by atoms with Crippen LogP contribution in [0.1, 0.15) is 35.7 Å². The van der Waals surface area contributed by atoms with Gasteiger partial charge in [-0.05, 0) is 35.7 Å². The molecule has 1 aliphatic rings. The molecular weight excluding hydrogens is 449 g/mol. The first kappa shape index (κ1) is 24.8. The number of carbonyl (C=O) groups excluding carboxylic acids is 1. The topological polar surface area (TPSA) is 79.7 Å². The fraction of sp³-hybridized carbons (Fsp3) is 0.240. The van der Waals surface area contributed by atoms with Crippen molar-refractivity contribution in [1.29, 1.82) is 0 Å². The number of alkyl halides is 3. The smallest absolute Gasteiger partial charge is 0.475 e. The molecule has 9 heteroatoms. The highest BCUT2D eigenvalue weighted by Crippen LogP contribution is 2.31. The molecule has 1 amide bonds. The van der Waals surface area contributed by atoms with E-state index in [2.05, 4.69) is 11.9 Å². The number of amides is 1. The van der Waals surface area contributed by atoms with E-state index in [0.29, 0.717) is 18.0 Å². The number of carbonyl (C=O) groups is 2. The average Bonchev–Trinajstić information content (AvgIpc) is 3.13. The van der Waals surface area contributed by atoms with Crippen LogP contribution >= 0.6 is 0 Å². The summed E-state index contributed by atoms with van der Waals surface area (Å²) in [6, 6.07) is 17.8. The molecule has 34 heavy (non-hydrogen) atoms. The largest absolute Gasteiger partial charge is 0.490 e. The van der Waals surface area contributed by atoms with Gasteiger partial charge in [0.25, 0.3) is 5.91 Å². The Morgan fingerprint density at radius 3 is 2.41 bits per heavy atom. The van der Waals surface area contributed by atoms with Crippen molar-refractivity contribution in [1.82, 2.24) is 9.88 Å². The number of nitrogens with zero attached hydrogens (tertiary/aromatic N) is 2. The number of fused-ring (bicyclic) bond motifs is 1. The lowest BCUT2D eigenvalue weighted by Gasteiger charge is -2.14. The molecule has 2 heterocycles. The van der Waals surface area contributed by atoms with Crippen LogP contribution in [0, 0.1) is 0 Å². The van der Waals surface area contributed by atoms with Crippen molar-refractivity contribution in [2.75, 3.05) is 6.54 Å². The second kappa shape index (κ2) is 10.8. The van der Waals surface area contributed by atoms with Crippen molar-refractivity contribution in [3.8, 4) is 22.6 Å². The SMILES string of the molecule is CCCCN1Cc2ccc(Oc3cncc(-c4ccccc4)c3)cc2C1=O.O=C(O)C(F)(F)F. The van der Waals surface area contributed by atoms with Crippen LogP contribution in [0.3, 0.4) is 0 Å². The number of rotatable bonds is 6. The van der Waals surface area contributed by atoms with Crippen LogP contribution in [-0.4, -0.2) is 39.6 Å². The third-order valence-electron chi connectivity index (χ3n) is 5.04. The normalized spacial score (nSPS) is 12.6. The van der Waals surface area contributed by atoms with Gasteiger partial charge in [-0.3, -0.25) is 9.78 Å². The molecule has 0 fully saturated rings. The maximum atomic E-state index is 12.6. The van der Waals surface area contributed by atoms with Crippen LogP contribution in [0.25, 0.3) is 11.1 Å². The van der Waals surface area contributed by atoms with E-state index in [0.717, 1.165) is 41.6 Å². The molecule has 0 unspecified atom stereocenters. The lowest BCUT2D eigenvalue weighted by atomic mass is 10.1. The Morgan fingerprint density at radius 2 is 1.76 bits per heavy atom. The molecule has 0 spiro atoms. The Hall–Kier alpha value is -3.88. The third-order valence-corrected chi connectivity index (χ3v) is 5.04. The molecule has 0 saturated carbocycles. The summed E-state index contributed by atoms with van der Waals surface area (Å²) in [6.07, 6.45) is 0.537. The van der Waals surface area contributed by atoms with Gasteiger partial charge in [0.1, 0.15) is 11.5 Å². The van der Waals surface area contributed by atoms with Gasteiger partial charge in [0.2, 0.25) is 0 Å². The summed E-state index contributed by atoms with van der Waals surface area (Å²) >= 11 is 0. The van der Waals surface area contributed by atoms with E-state index >= 15 is 0 Å². The van der Waals surface area contributed by atoms with Crippen LogP contribution < -0.4 is 4.74 Å². The van der Waals surface area contributed by atoms with E-state index in [4.69, 9.17) is 14.6 Å². The molecule has 0 radical (unpaired) electrons. The highest BCUT2D eigenvalue weighted by Gasteiger charge is 2.38.